The van der Waals surface area contributed by atoms with Crippen LogP contribution in [0.15, 0.2) is 18.2 Å². The van der Waals surface area contributed by atoms with Crippen molar-refractivity contribution in [2.75, 3.05) is 33.3 Å². The van der Waals surface area contributed by atoms with Gasteiger partial charge in [0.2, 0.25) is 0 Å². The van der Waals surface area contributed by atoms with Crippen molar-refractivity contribution >= 4 is 41.5 Å². The van der Waals surface area contributed by atoms with Crippen molar-refractivity contribution in [3.63, 3.8) is 0 Å². The van der Waals surface area contributed by atoms with Gasteiger partial charge in [-0.25, -0.2) is 0 Å². The Bertz CT molecular complexity index is 609. The first-order chi connectivity index (χ1) is 11.5. The quantitative estimate of drug-likeness (QED) is 0.830. The van der Waals surface area contributed by atoms with E-state index >= 15 is 0 Å². The molecule has 0 aromatic heterocycles. The molecular formula is C17H23Cl3N2O3. The molecule has 2 aliphatic heterocycles. The number of piperidine rings is 1. The molecule has 1 N–H and O–H groups in total. The molecule has 0 radical (unpaired) electrons. The van der Waals surface area contributed by atoms with Crippen LogP contribution in [0.2, 0.25) is 10.0 Å². The second kappa shape index (κ2) is 8.78. The van der Waals surface area contributed by atoms with Crippen LogP contribution < -0.4 is 10.1 Å². The molecule has 0 bridgehead atoms. The van der Waals surface area contributed by atoms with Gasteiger partial charge >= 0.3 is 0 Å². The molecule has 1 atom stereocenters. The van der Waals surface area contributed by atoms with Crippen molar-refractivity contribution in [1.29, 1.82) is 0 Å². The molecule has 5 nitrogen and oxygen atoms in total. The third-order valence-corrected chi connectivity index (χ3v) is 5.56. The third kappa shape index (κ3) is 4.52. The van der Waals surface area contributed by atoms with E-state index in [2.05, 4.69) is 5.32 Å². The minimum Gasteiger partial charge on any atom is -0.488 e. The maximum absolute atomic E-state index is 12.9. The van der Waals surface area contributed by atoms with Gasteiger partial charge in [0.25, 0.3) is 5.91 Å². The molecule has 2 saturated heterocycles. The zero-order valence-corrected chi connectivity index (χ0v) is 16.4. The lowest BCUT2D eigenvalue weighted by Crippen LogP contribution is -2.55. The Morgan fingerprint density at radius 2 is 2.00 bits per heavy atom. The molecule has 0 spiro atoms. The molecular weight excluding hydrogens is 387 g/mol. The Hall–Kier alpha value is -0.720. The predicted octanol–water partition coefficient (Wildman–Crippen LogP) is 3.16. The molecule has 140 valence electrons. The van der Waals surface area contributed by atoms with Gasteiger partial charge in [0, 0.05) is 26.1 Å². The predicted molar refractivity (Wildman–Crippen MR) is 101 cm³/mol. The van der Waals surface area contributed by atoms with Gasteiger partial charge in [-0.1, -0.05) is 23.2 Å². The fraction of sp³-hybridized carbons (Fsp3) is 0.588. The lowest BCUT2D eigenvalue weighted by molar-refractivity contribution is -0.157. The topological polar surface area (TPSA) is 50.8 Å². The Labute approximate surface area is 164 Å². The number of carbonyl (C=O) groups excluding carboxylic acids is 1. The van der Waals surface area contributed by atoms with Gasteiger partial charge < -0.3 is 19.7 Å². The molecule has 0 saturated carbocycles. The van der Waals surface area contributed by atoms with Gasteiger partial charge in [0.1, 0.15) is 17.5 Å². The molecule has 8 heteroatoms. The van der Waals surface area contributed by atoms with Gasteiger partial charge in [0.15, 0.2) is 0 Å². The molecule has 0 aliphatic carbocycles. The summed E-state index contributed by atoms with van der Waals surface area (Å²) in [4.78, 5) is 14.8. The summed E-state index contributed by atoms with van der Waals surface area (Å²) >= 11 is 11.9. The number of nitrogens with one attached hydrogen (secondary N) is 1. The summed E-state index contributed by atoms with van der Waals surface area (Å²) in [7, 11) is 1.63. The first kappa shape index (κ1) is 20.6. The molecule has 2 aliphatic rings. The lowest BCUT2D eigenvalue weighted by Gasteiger charge is -2.37. The summed E-state index contributed by atoms with van der Waals surface area (Å²) in [6.45, 7) is 2.86. The van der Waals surface area contributed by atoms with Crippen LogP contribution in [-0.2, 0) is 9.53 Å². The molecule has 1 amide bonds. The van der Waals surface area contributed by atoms with Gasteiger partial charge in [-0.05, 0) is 38.1 Å². The average Bonchev–Trinajstić information content (AvgIpc) is 3.06. The summed E-state index contributed by atoms with van der Waals surface area (Å²) in [6, 6.07) is 5.21. The van der Waals surface area contributed by atoms with Crippen LogP contribution in [0.1, 0.15) is 19.3 Å². The normalized spacial score (nSPS) is 22.4. The van der Waals surface area contributed by atoms with E-state index < -0.39 is 5.60 Å². The van der Waals surface area contributed by atoms with Crippen LogP contribution in [-0.4, -0.2) is 55.8 Å². The number of carbonyl (C=O) groups is 1. The lowest BCUT2D eigenvalue weighted by atomic mass is 9.90. The van der Waals surface area contributed by atoms with Crippen molar-refractivity contribution in [3.05, 3.63) is 28.2 Å². The number of amides is 1. The van der Waals surface area contributed by atoms with Gasteiger partial charge in [-0.3, -0.25) is 4.79 Å². The fourth-order valence-corrected chi connectivity index (χ4v) is 3.66. The molecule has 25 heavy (non-hydrogen) atoms. The van der Waals surface area contributed by atoms with Crippen molar-refractivity contribution in [2.45, 2.75) is 31.0 Å². The monoisotopic (exact) mass is 408 g/mol. The van der Waals surface area contributed by atoms with Crippen molar-refractivity contribution in [2.24, 2.45) is 0 Å². The van der Waals surface area contributed by atoms with Crippen molar-refractivity contribution in [1.82, 2.24) is 10.2 Å². The van der Waals surface area contributed by atoms with Crippen molar-refractivity contribution in [3.8, 4) is 5.75 Å². The minimum atomic E-state index is -0.691. The standard InChI is InChI=1S/C17H22Cl2N2O3.ClH/c1-23-17(5-7-20-8-6-17)16(22)21-9-4-13(11-21)24-12-2-3-14(18)15(19)10-12;/h2-3,10,13,20H,4-9,11H2,1H3;1H. The summed E-state index contributed by atoms with van der Waals surface area (Å²) in [5, 5.41) is 4.24. The smallest absolute Gasteiger partial charge is 0.255 e. The van der Waals surface area contributed by atoms with E-state index in [-0.39, 0.29) is 24.4 Å². The number of methoxy groups -OCH3 is 1. The summed E-state index contributed by atoms with van der Waals surface area (Å²) in [5.74, 6) is 0.749. The van der Waals surface area contributed by atoms with Crippen LogP contribution in [0.3, 0.4) is 0 Å². The number of halogens is 3. The van der Waals surface area contributed by atoms with E-state index in [9.17, 15) is 4.79 Å². The highest BCUT2D eigenvalue weighted by molar-refractivity contribution is 6.42. The maximum atomic E-state index is 12.9. The first-order valence-corrected chi connectivity index (χ1v) is 8.97. The number of hydrogen-bond donors (Lipinski definition) is 1. The van der Waals surface area contributed by atoms with E-state index in [1.54, 1.807) is 25.3 Å². The SMILES string of the molecule is COC1(C(=O)N2CCC(Oc3ccc(Cl)c(Cl)c3)C2)CCNCC1.Cl. The number of hydrogen-bond acceptors (Lipinski definition) is 4. The van der Waals surface area contributed by atoms with E-state index in [1.807, 2.05) is 4.90 Å². The maximum Gasteiger partial charge on any atom is 0.255 e. The Morgan fingerprint density at radius 1 is 1.28 bits per heavy atom. The molecule has 2 heterocycles. The molecule has 1 unspecified atom stereocenters. The zero-order valence-electron chi connectivity index (χ0n) is 14.1. The Balaban J connectivity index is 0.00000225. The zero-order chi connectivity index (χ0) is 17.2. The number of likely N-dealkylation sites (tertiary alicyclic amines) is 1. The van der Waals surface area contributed by atoms with Crippen molar-refractivity contribution < 1.29 is 14.3 Å². The third-order valence-electron chi connectivity index (χ3n) is 4.82. The summed E-state index contributed by atoms with van der Waals surface area (Å²) < 4.78 is 11.6. The van der Waals surface area contributed by atoms with Crippen LogP contribution in [0.25, 0.3) is 0 Å². The van der Waals surface area contributed by atoms with Crippen LogP contribution in [0.4, 0.5) is 0 Å². The van der Waals surface area contributed by atoms with E-state index in [4.69, 9.17) is 32.7 Å². The van der Waals surface area contributed by atoms with E-state index in [1.165, 1.54) is 0 Å². The van der Waals surface area contributed by atoms with Crippen LogP contribution in [0, 0.1) is 0 Å². The molecule has 1 aromatic carbocycles. The van der Waals surface area contributed by atoms with Gasteiger partial charge in [-0.15, -0.1) is 12.4 Å². The first-order valence-electron chi connectivity index (χ1n) is 8.21. The highest BCUT2D eigenvalue weighted by Gasteiger charge is 2.44. The molecule has 2 fully saturated rings. The number of nitrogens with zero attached hydrogens (tertiary/aromatic N) is 1. The molecule has 3 rings (SSSR count). The largest absolute Gasteiger partial charge is 0.488 e. The number of rotatable bonds is 4. The Morgan fingerprint density at radius 3 is 2.64 bits per heavy atom. The van der Waals surface area contributed by atoms with Gasteiger partial charge in [-0.2, -0.15) is 0 Å². The average molecular weight is 410 g/mol. The second-order valence-electron chi connectivity index (χ2n) is 6.30. The highest BCUT2D eigenvalue weighted by atomic mass is 35.5. The number of ether oxygens (including phenoxy) is 2. The van der Waals surface area contributed by atoms with Gasteiger partial charge in [0.05, 0.1) is 16.6 Å². The van der Waals surface area contributed by atoms with Crippen LogP contribution in [0.5, 0.6) is 5.75 Å². The second-order valence-corrected chi connectivity index (χ2v) is 7.12. The number of benzene rings is 1. The summed E-state index contributed by atoms with van der Waals surface area (Å²) in [5.41, 5.74) is -0.691. The Kier molecular flexibility index (Phi) is 7.23. The minimum absolute atomic E-state index is 0. The van der Waals surface area contributed by atoms with E-state index in [0.29, 0.717) is 41.7 Å². The summed E-state index contributed by atoms with van der Waals surface area (Å²) in [6.07, 6.45) is 2.17. The highest BCUT2D eigenvalue weighted by Crippen LogP contribution is 2.30. The van der Waals surface area contributed by atoms with Crippen LogP contribution >= 0.6 is 35.6 Å². The fourth-order valence-electron chi connectivity index (χ4n) is 3.38. The van der Waals surface area contributed by atoms with E-state index in [0.717, 1.165) is 19.5 Å². The molecule has 1 aromatic rings.